The molecule has 0 aliphatic rings. The molecule has 0 amide bonds. The molecule has 0 bridgehead atoms. The standard InChI is InChI=1S/C10H11N3O2S2/c11-10-13-9(6-16-10)8-3-1-7(2-4-8)5-12-17(14)15/h1-4,6,12H,5H2,(H2,11,13)(H,14,15). The van der Waals surface area contributed by atoms with Gasteiger partial charge in [0.05, 0.1) is 5.69 Å². The molecule has 0 radical (unpaired) electrons. The van der Waals surface area contributed by atoms with Crippen LogP contribution in [0.25, 0.3) is 11.3 Å². The van der Waals surface area contributed by atoms with Crippen LogP contribution in [-0.2, 0) is 17.8 Å². The first-order valence-corrected chi connectivity index (χ1v) is 6.78. The molecular formula is C10H11N3O2S2. The van der Waals surface area contributed by atoms with Gasteiger partial charge in [0.15, 0.2) is 5.13 Å². The monoisotopic (exact) mass is 269 g/mol. The largest absolute Gasteiger partial charge is 0.375 e. The van der Waals surface area contributed by atoms with Gasteiger partial charge in [0.2, 0.25) is 11.3 Å². The van der Waals surface area contributed by atoms with Crippen LogP contribution in [0, 0.1) is 0 Å². The lowest BCUT2D eigenvalue weighted by atomic mass is 10.1. The van der Waals surface area contributed by atoms with Crippen LogP contribution in [0.3, 0.4) is 0 Å². The van der Waals surface area contributed by atoms with Crippen molar-refractivity contribution < 1.29 is 8.76 Å². The van der Waals surface area contributed by atoms with Crippen LogP contribution in [0.5, 0.6) is 0 Å². The molecule has 1 aromatic heterocycles. The van der Waals surface area contributed by atoms with Crippen molar-refractivity contribution >= 4 is 27.7 Å². The number of nitrogen functional groups attached to an aromatic ring is 1. The molecule has 2 rings (SSSR count). The highest BCUT2D eigenvalue weighted by molar-refractivity contribution is 7.77. The molecule has 0 saturated carbocycles. The summed E-state index contributed by atoms with van der Waals surface area (Å²) in [6.07, 6.45) is 0. The van der Waals surface area contributed by atoms with E-state index in [9.17, 15) is 4.21 Å². The maximum atomic E-state index is 10.4. The van der Waals surface area contributed by atoms with Crippen molar-refractivity contribution in [3.63, 3.8) is 0 Å². The van der Waals surface area contributed by atoms with E-state index in [0.29, 0.717) is 11.7 Å². The van der Waals surface area contributed by atoms with Crippen molar-refractivity contribution in [1.29, 1.82) is 0 Å². The van der Waals surface area contributed by atoms with Gasteiger partial charge in [-0.3, -0.25) is 4.55 Å². The molecule has 90 valence electrons. The summed E-state index contributed by atoms with van der Waals surface area (Å²) >= 11 is -0.583. The van der Waals surface area contributed by atoms with Crippen LogP contribution < -0.4 is 10.5 Å². The zero-order valence-electron chi connectivity index (χ0n) is 8.79. The van der Waals surface area contributed by atoms with Crippen molar-refractivity contribution in [2.24, 2.45) is 0 Å². The third-order valence-corrected chi connectivity index (χ3v) is 3.24. The summed E-state index contributed by atoms with van der Waals surface area (Å²) in [6, 6.07) is 7.58. The fourth-order valence-electron chi connectivity index (χ4n) is 1.36. The van der Waals surface area contributed by atoms with Gasteiger partial charge in [-0.2, -0.15) is 0 Å². The van der Waals surface area contributed by atoms with Crippen LogP contribution in [0.4, 0.5) is 5.13 Å². The molecule has 0 aliphatic carbocycles. The number of nitrogens with two attached hydrogens (primary N) is 1. The predicted octanol–water partition coefficient (Wildman–Crippen LogP) is 1.62. The highest BCUT2D eigenvalue weighted by atomic mass is 32.2. The summed E-state index contributed by atoms with van der Waals surface area (Å²) in [4.78, 5) is 4.18. The number of anilines is 1. The summed E-state index contributed by atoms with van der Waals surface area (Å²) in [7, 11) is 0. The molecule has 0 fully saturated rings. The van der Waals surface area contributed by atoms with E-state index in [0.717, 1.165) is 16.8 Å². The third-order valence-electron chi connectivity index (χ3n) is 2.17. The summed E-state index contributed by atoms with van der Waals surface area (Å²) in [5, 5.41) is 2.44. The lowest BCUT2D eigenvalue weighted by Gasteiger charge is -2.02. The molecule has 0 aliphatic heterocycles. The molecule has 1 atom stereocenters. The first-order valence-electron chi connectivity index (χ1n) is 4.80. The quantitative estimate of drug-likeness (QED) is 0.736. The van der Waals surface area contributed by atoms with E-state index >= 15 is 0 Å². The first kappa shape index (κ1) is 12.2. The number of nitrogens with one attached hydrogen (secondary N) is 1. The minimum atomic E-state index is -1.98. The molecular weight excluding hydrogens is 258 g/mol. The van der Waals surface area contributed by atoms with Crippen LogP contribution >= 0.6 is 11.3 Å². The van der Waals surface area contributed by atoms with E-state index in [2.05, 4.69) is 9.71 Å². The SMILES string of the molecule is Nc1nc(-c2ccc(CNS(=O)O)cc2)cs1. The fourth-order valence-corrected chi connectivity index (χ4v) is 2.22. The lowest BCUT2D eigenvalue weighted by Crippen LogP contribution is -2.15. The number of benzene rings is 1. The molecule has 0 saturated heterocycles. The maximum Gasteiger partial charge on any atom is 0.232 e. The van der Waals surface area contributed by atoms with Gasteiger partial charge in [-0.1, -0.05) is 24.3 Å². The van der Waals surface area contributed by atoms with Crippen LogP contribution in [-0.4, -0.2) is 13.7 Å². The topological polar surface area (TPSA) is 88.2 Å². The second kappa shape index (κ2) is 5.37. The zero-order valence-corrected chi connectivity index (χ0v) is 10.4. The Morgan fingerprint density at radius 1 is 1.41 bits per heavy atom. The lowest BCUT2D eigenvalue weighted by molar-refractivity contribution is 0.548. The Balaban J connectivity index is 2.10. The van der Waals surface area contributed by atoms with Crippen molar-refractivity contribution in [2.75, 3.05) is 5.73 Å². The Hall–Kier alpha value is -1.28. The van der Waals surface area contributed by atoms with Crippen LogP contribution in [0.1, 0.15) is 5.56 Å². The van der Waals surface area contributed by atoms with E-state index in [1.807, 2.05) is 29.6 Å². The van der Waals surface area contributed by atoms with Gasteiger partial charge < -0.3 is 5.73 Å². The Kier molecular flexibility index (Phi) is 3.85. The normalized spacial score (nSPS) is 12.5. The molecule has 5 nitrogen and oxygen atoms in total. The summed E-state index contributed by atoms with van der Waals surface area (Å²) in [5.41, 5.74) is 8.32. The van der Waals surface area contributed by atoms with Gasteiger partial charge >= 0.3 is 0 Å². The van der Waals surface area contributed by atoms with E-state index < -0.39 is 11.3 Å². The number of hydrogen-bond donors (Lipinski definition) is 3. The molecule has 4 N–H and O–H groups in total. The van der Waals surface area contributed by atoms with Gasteiger partial charge in [0.25, 0.3) is 0 Å². The van der Waals surface area contributed by atoms with E-state index in [-0.39, 0.29) is 0 Å². The summed E-state index contributed by atoms with van der Waals surface area (Å²) in [5.74, 6) is 0. The van der Waals surface area contributed by atoms with E-state index in [1.54, 1.807) is 0 Å². The van der Waals surface area contributed by atoms with Gasteiger partial charge in [0.1, 0.15) is 0 Å². The second-order valence-electron chi connectivity index (χ2n) is 3.34. The highest BCUT2D eigenvalue weighted by Crippen LogP contribution is 2.23. The molecule has 0 spiro atoms. The number of hydrogen-bond acceptors (Lipinski definition) is 4. The third kappa shape index (κ3) is 3.34. The number of nitrogens with zero attached hydrogens (tertiary/aromatic N) is 1. The predicted molar refractivity (Wildman–Crippen MR) is 69.6 cm³/mol. The Labute approximate surface area is 105 Å². The fraction of sp³-hybridized carbons (Fsp3) is 0.100. The number of aromatic nitrogens is 1. The summed E-state index contributed by atoms with van der Waals surface area (Å²) in [6.45, 7) is 0.350. The molecule has 1 aromatic carbocycles. The van der Waals surface area contributed by atoms with E-state index in [1.165, 1.54) is 11.3 Å². The zero-order chi connectivity index (χ0) is 12.3. The molecule has 1 heterocycles. The van der Waals surface area contributed by atoms with E-state index in [4.69, 9.17) is 10.3 Å². The van der Waals surface area contributed by atoms with Crippen LogP contribution in [0.2, 0.25) is 0 Å². The molecule has 17 heavy (non-hydrogen) atoms. The minimum absolute atomic E-state index is 0.350. The average molecular weight is 269 g/mol. The Bertz CT molecular complexity index is 525. The molecule has 1 unspecified atom stereocenters. The van der Waals surface area contributed by atoms with Gasteiger partial charge in [-0.15, -0.1) is 11.3 Å². The summed E-state index contributed by atoms with van der Waals surface area (Å²) < 4.78 is 21.4. The number of thiazole rings is 1. The average Bonchev–Trinajstić information content (AvgIpc) is 2.74. The molecule has 2 aromatic rings. The maximum absolute atomic E-state index is 10.4. The van der Waals surface area contributed by atoms with Crippen molar-refractivity contribution in [3.05, 3.63) is 35.2 Å². The van der Waals surface area contributed by atoms with Crippen molar-refractivity contribution in [1.82, 2.24) is 9.71 Å². The van der Waals surface area contributed by atoms with Crippen molar-refractivity contribution in [2.45, 2.75) is 6.54 Å². The van der Waals surface area contributed by atoms with Crippen molar-refractivity contribution in [3.8, 4) is 11.3 Å². The highest BCUT2D eigenvalue weighted by Gasteiger charge is 2.02. The van der Waals surface area contributed by atoms with Crippen LogP contribution in [0.15, 0.2) is 29.6 Å². The minimum Gasteiger partial charge on any atom is -0.375 e. The number of rotatable bonds is 4. The van der Waals surface area contributed by atoms with Gasteiger partial charge in [-0.05, 0) is 5.56 Å². The Morgan fingerprint density at radius 2 is 2.12 bits per heavy atom. The Morgan fingerprint density at radius 3 is 2.65 bits per heavy atom. The second-order valence-corrected chi connectivity index (χ2v) is 5.01. The van der Waals surface area contributed by atoms with Gasteiger partial charge in [-0.25, -0.2) is 13.9 Å². The first-order chi connectivity index (χ1) is 8.15. The smallest absolute Gasteiger partial charge is 0.232 e. The van der Waals surface area contributed by atoms with Gasteiger partial charge in [0, 0.05) is 17.5 Å². The molecule has 7 heteroatoms.